The fraction of sp³-hybridized carbons (Fsp3) is 0.222. The first-order valence-corrected chi connectivity index (χ1v) is 7.86. The lowest BCUT2D eigenvalue weighted by Gasteiger charge is -2.07. The minimum Gasteiger partial charge on any atom is -0.503 e. The quantitative estimate of drug-likeness (QED) is 0.611. The van der Waals surface area contributed by atoms with Crippen molar-refractivity contribution in [2.24, 2.45) is 5.10 Å². The van der Waals surface area contributed by atoms with Crippen LogP contribution in [-0.4, -0.2) is 30.9 Å². The molecule has 0 saturated carbocycles. The van der Waals surface area contributed by atoms with Gasteiger partial charge in [-0.15, -0.1) is 0 Å². The Bertz CT molecular complexity index is 786. The fourth-order valence-corrected chi connectivity index (χ4v) is 2.42. The van der Waals surface area contributed by atoms with Gasteiger partial charge in [0.15, 0.2) is 18.1 Å². The first kappa shape index (κ1) is 18.6. The molecule has 0 aliphatic carbocycles. The highest BCUT2D eigenvalue weighted by molar-refractivity contribution is 6.32. The number of carbonyl (C=O) groups excluding carboxylic acids is 1. The Morgan fingerprint density at radius 3 is 2.56 bits per heavy atom. The number of aromatic hydroxyl groups is 1. The summed E-state index contributed by atoms with van der Waals surface area (Å²) in [6.45, 7) is 3.77. The molecule has 0 aliphatic rings. The number of nitrogens with one attached hydrogen (secondary N) is 1. The number of phenolic OH excluding ortho intramolecular Hbond substituents is 1. The second-order valence-corrected chi connectivity index (χ2v) is 5.87. The van der Waals surface area contributed by atoms with Crippen molar-refractivity contribution in [3.8, 4) is 17.2 Å². The molecule has 0 radical (unpaired) electrons. The van der Waals surface area contributed by atoms with Gasteiger partial charge in [0.05, 0.1) is 18.3 Å². The fourth-order valence-electron chi connectivity index (χ4n) is 2.20. The van der Waals surface area contributed by atoms with Gasteiger partial charge in [-0.3, -0.25) is 4.79 Å². The number of aryl methyl sites for hydroxylation is 2. The van der Waals surface area contributed by atoms with E-state index in [4.69, 9.17) is 21.1 Å². The molecule has 0 bridgehead atoms. The minimum absolute atomic E-state index is 0.130. The highest BCUT2D eigenvalue weighted by atomic mass is 35.5. The molecule has 1 amide bonds. The van der Waals surface area contributed by atoms with Crippen LogP contribution in [0.25, 0.3) is 0 Å². The summed E-state index contributed by atoms with van der Waals surface area (Å²) in [6, 6.07) is 8.78. The molecular formula is C18H19ClN2O4. The van der Waals surface area contributed by atoms with Crippen molar-refractivity contribution >= 4 is 23.7 Å². The van der Waals surface area contributed by atoms with Gasteiger partial charge in [0.25, 0.3) is 5.91 Å². The third-order valence-electron chi connectivity index (χ3n) is 3.24. The Hall–Kier alpha value is -2.73. The van der Waals surface area contributed by atoms with Gasteiger partial charge in [0.1, 0.15) is 5.75 Å². The van der Waals surface area contributed by atoms with Gasteiger partial charge >= 0.3 is 0 Å². The molecular weight excluding hydrogens is 344 g/mol. The van der Waals surface area contributed by atoms with Crippen molar-refractivity contribution in [1.29, 1.82) is 0 Å². The number of amides is 1. The first-order chi connectivity index (χ1) is 11.9. The zero-order chi connectivity index (χ0) is 18.4. The maximum Gasteiger partial charge on any atom is 0.277 e. The van der Waals surface area contributed by atoms with E-state index < -0.39 is 5.91 Å². The van der Waals surface area contributed by atoms with E-state index in [1.165, 1.54) is 19.4 Å². The van der Waals surface area contributed by atoms with Crippen LogP contribution in [0.1, 0.15) is 16.7 Å². The average Bonchev–Trinajstić information content (AvgIpc) is 2.55. The number of phenols is 1. The molecule has 0 unspecified atom stereocenters. The van der Waals surface area contributed by atoms with E-state index in [0.29, 0.717) is 11.3 Å². The molecule has 0 atom stereocenters. The number of hydrogen-bond donors (Lipinski definition) is 2. The van der Waals surface area contributed by atoms with Crippen molar-refractivity contribution < 1.29 is 19.4 Å². The van der Waals surface area contributed by atoms with E-state index in [1.54, 1.807) is 6.07 Å². The van der Waals surface area contributed by atoms with Crippen LogP contribution >= 0.6 is 11.6 Å². The lowest BCUT2D eigenvalue weighted by Crippen LogP contribution is -2.24. The summed E-state index contributed by atoms with van der Waals surface area (Å²) < 4.78 is 10.4. The zero-order valence-electron chi connectivity index (χ0n) is 14.2. The number of ether oxygens (including phenoxy) is 2. The topological polar surface area (TPSA) is 80.2 Å². The van der Waals surface area contributed by atoms with E-state index in [0.717, 1.165) is 11.1 Å². The SMILES string of the molecule is COc1cc(/C=N\NC(=O)COc2cc(C)cc(C)c2)cc(Cl)c1O. The number of methoxy groups -OCH3 is 1. The first-order valence-electron chi connectivity index (χ1n) is 7.48. The molecule has 25 heavy (non-hydrogen) atoms. The Kier molecular flexibility index (Phi) is 6.25. The van der Waals surface area contributed by atoms with Gasteiger partial charge in [0.2, 0.25) is 0 Å². The molecule has 0 spiro atoms. The third-order valence-corrected chi connectivity index (χ3v) is 3.53. The maximum absolute atomic E-state index is 11.8. The molecule has 132 valence electrons. The molecule has 2 rings (SSSR count). The smallest absolute Gasteiger partial charge is 0.277 e. The average molecular weight is 363 g/mol. The van der Waals surface area contributed by atoms with Crippen LogP contribution in [0.15, 0.2) is 35.4 Å². The van der Waals surface area contributed by atoms with Crippen LogP contribution in [0.4, 0.5) is 0 Å². The number of benzene rings is 2. The van der Waals surface area contributed by atoms with Crippen LogP contribution in [-0.2, 0) is 4.79 Å². The Balaban J connectivity index is 1.91. The molecule has 0 fully saturated rings. The molecule has 6 nitrogen and oxygen atoms in total. The highest BCUT2D eigenvalue weighted by Gasteiger charge is 2.08. The zero-order valence-corrected chi connectivity index (χ0v) is 14.9. The Morgan fingerprint density at radius 1 is 1.24 bits per heavy atom. The van der Waals surface area contributed by atoms with E-state index in [1.807, 2.05) is 32.0 Å². The number of rotatable bonds is 6. The summed E-state index contributed by atoms with van der Waals surface area (Å²) in [7, 11) is 1.42. The normalized spacial score (nSPS) is 10.7. The summed E-state index contributed by atoms with van der Waals surface area (Å²) in [4.78, 5) is 11.8. The van der Waals surface area contributed by atoms with E-state index in [2.05, 4.69) is 10.5 Å². The summed E-state index contributed by atoms with van der Waals surface area (Å²) in [5.74, 6) is 0.310. The molecule has 0 aromatic heterocycles. The second-order valence-electron chi connectivity index (χ2n) is 5.46. The lowest BCUT2D eigenvalue weighted by molar-refractivity contribution is -0.123. The Morgan fingerprint density at radius 2 is 1.92 bits per heavy atom. The van der Waals surface area contributed by atoms with Gasteiger partial charge < -0.3 is 14.6 Å². The van der Waals surface area contributed by atoms with Crippen molar-refractivity contribution in [1.82, 2.24) is 5.43 Å². The highest BCUT2D eigenvalue weighted by Crippen LogP contribution is 2.34. The van der Waals surface area contributed by atoms with E-state index in [9.17, 15) is 9.90 Å². The second kappa shape index (κ2) is 8.39. The molecule has 0 aliphatic heterocycles. The van der Waals surface area contributed by atoms with Crippen molar-refractivity contribution in [2.75, 3.05) is 13.7 Å². The summed E-state index contributed by atoms with van der Waals surface area (Å²) in [5, 5.41) is 13.6. The monoisotopic (exact) mass is 362 g/mol. The van der Waals surface area contributed by atoms with Gasteiger partial charge in [-0.1, -0.05) is 17.7 Å². The van der Waals surface area contributed by atoms with Crippen LogP contribution in [0.3, 0.4) is 0 Å². The largest absolute Gasteiger partial charge is 0.503 e. The number of carbonyl (C=O) groups is 1. The van der Waals surface area contributed by atoms with Crippen LogP contribution < -0.4 is 14.9 Å². The van der Waals surface area contributed by atoms with E-state index >= 15 is 0 Å². The van der Waals surface area contributed by atoms with Crippen molar-refractivity contribution in [3.63, 3.8) is 0 Å². The van der Waals surface area contributed by atoms with E-state index in [-0.39, 0.29) is 23.1 Å². The number of hydrogen-bond acceptors (Lipinski definition) is 5. The van der Waals surface area contributed by atoms with Gasteiger partial charge in [-0.25, -0.2) is 5.43 Å². The predicted octanol–water partition coefficient (Wildman–Crippen LogP) is 3.20. The lowest BCUT2D eigenvalue weighted by atomic mass is 10.1. The third kappa shape index (κ3) is 5.39. The Labute approximate surface area is 151 Å². The standard InChI is InChI=1S/C18H19ClN2O4/c1-11-4-12(2)6-14(5-11)25-10-17(22)21-20-9-13-7-15(19)18(23)16(8-13)24-3/h4-9,23H,10H2,1-3H3,(H,21,22)/b20-9-. The van der Waals surface area contributed by atoms with Crippen LogP contribution in [0, 0.1) is 13.8 Å². The summed E-state index contributed by atoms with van der Waals surface area (Å²) in [6.07, 6.45) is 1.39. The predicted molar refractivity (Wildman–Crippen MR) is 96.8 cm³/mol. The van der Waals surface area contributed by atoms with Gasteiger partial charge in [-0.2, -0.15) is 5.10 Å². The van der Waals surface area contributed by atoms with Crippen molar-refractivity contribution in [3.05, 3.63) is 52.0 Å². The number of halogens is 1. The summed E-state index contributed by atoms with van der Waals surface area (Å²) in [5.41, 5.74) is 5.05. The molecule has 2 aromatic rings. The van der Waals surface area contributed by atoms with Gasteiger partial charge in [0, 0.05) is 0 Å². The molecule has 7 heteroatoms. The number of nitrogens with zero attached hydrogens (tertiary/aromatic N) is 1. The molecule has 2 N–H and O–H groups in total. The molecule has 2 aromatic carbocycles. The van der Waals surface area contributed by atoms with Crippen LogP contribution in [0.2, 0.25) is 5.02 Å². The maximum atomic E-state index is 11.8. The summed E-state index contributed by atoms with van der Waals surface area (Å²) >= 11 is 5.88. The number of hydrazone groups is 1. The molecule has 0 saturated heterocycles. The van der Waals surface area contributed by atoms with Crippen LogP contribution in [0.5, 0.6) is 17.2 Å². The molecule has 0 heterocycles. The minimum atomic E-state index is -0.396. The van der Waals surface area contributed by atoms with Gasteiger partial charge in [-0.05, 0) is 54.8 Å². The van der Waals surface area contributed by atoms with Crippen molar-refractivity contribution in [2.45, 2.75) is 13.8 Å².